The number of aromatic nitrogens is 1. The van der Waals surface area contributed by atoms with Gasteiger partial charge in [0.05, 0.1) is 6.04 Å². The first-order chi connectivity index (χ1) is 6.13. The highest BCUT2D eigenvalue weighted by molar-refractivity contribution is 7.11. The molecule has 1 heterocycles. The number of rotatable bonds is 4. The summed E-state index contributed by atoms with van der Waals surface area (Å²) in [6.45, 7) is 2.05. The minimum absolute atomic E-state index is 0.163. The van der Waals surface area contributed by atoms with Gasteiger partial charge in [-0.05, 0) is 6.42 Å². The fraction of sp³-hybridized carbons (Fsp3) is 0.500. The van der Waals surface area contributed by atoms with Gasteiger partial charge in [0, 0.05) is 17.5 Å². The molecule has 5 heteroatoms. The van der Waals surface area contributed by atoms with E-state index in [0.29, 0.717) is 0 Å². The third-order valence-electron chi connectivity index (χ3n) is 1.66. The standard InChI is InChI=1S/C8H13N3OS/c1-2-5-4-11-8(13-5)6(9)3-7(10)12/h4,6H,2-3,9H2,1H3,(H2,10,12)/t6-/m0/s1. The summed E-state index contributed by atoms with van der Waals surface area (Å²) in [6, 6.07) is -0.345. The van der Waals surface area contributed by atoms with Gasteiger partial charge < -0.3 is 11.5 Å². The maximum Gasteiger partial charge on any atom is 0.219 e. The monoisotopic (exact) mass is 199 g/mol. The van der Waals surface area contributed by atoms with Gasteiger partial charge in [-0.1, -0.05) is 6.92 Å². The molecule has 1 aromatic heterocycles. The number of amides is 1. The first-order valence-corrected chi connectivity index (χ1v) is 4.93. The number of thiazole rings is 1. The van der Waals surface area contributed by atoms with Gasteiger partial charge in [0.25, 0.3) is 0 Å². The molecule has 0 bridgehead atoms. The largest absolute Gasteiger partial charge is 0.370 e. The molecule has 72 valence electrons. The Hall–Kier alpha value is -0.940. The lowest BCUT2D eigenvalue weighted by atomic mass is 10.2. The molecule has 4 N–H and O–H groups in total. The number of carbonyl (C=O) groups is 1. The average molecular weight is 199 g/mol. The highest BCUT2D eigenvalue weighted by Gasteiger charge is 2.12. The first kappa shape index (κ1) is 10.1. The fourth-order valence-electron chi connectivity index (χ4n) is 0.962. The van der Waals surface area contributed by atoms with Crippen LogP contribution >= 0.6 is 11.3 Å². The van der Waals surface area contributed by atoms with E-state index in [1.54, 1.807) is 6.20 Å². The molecule has 0 fully saturated rings. The van der Waals surface area contributed by atoms with E-state index in [4.69, 9.17) is 11.5 Å². The maximum absolute atomic E-state index is 10.6. The zero-order chi connectivity index (χ0) is 9.84. The summed E-state index contributed by atoms with van der Waals surface area (Å²) in [5, 5.41) is 0.788. The van der Waals surface area contributed by atoms with E-state index < -0.39 is 0 Å². The van der Waals surface area contributed by atoms with Crippen LogP contribution in [-0.2, 0) is 11.2 Å². The van der Waals surface area contributed by atoms with Gasteiger partial charge >= 0.3 is 0 Å². The quantitative estimate of drug-likeness (QED) is 0.744. The maximum atomic E-state index is 10.6. The molecule has 1 atom stereocenters. The average Bonchev–Trinajstić information content (AvgIpc) is 2.50. The zero-order valence-electron chi connectivity index (χ0n) is 7.49. The van der Waals surface area contributed by atoms with E-state index in [0.717, 1.165) is 11.4 Å². The van der Waals surface area contributed by atoms with Gasteiger partial charge in [-0.25, -0.2) is 4.98 Å². The van der Waals surface area contributed by atoms with Crippen molar-refractivity contribution in [1.82, 2.24) is 4.98 Å². The minimum Gasteiger partial charge on any atom is -0.370 e. The van der Waals surface area contributed by atoms with Crippen molar-refractivity contribution in [2.75, 3.05) is 0 Å². The van der Waals surface area contributed by atoms with E-state index in [9.17, 15) is 4.79 Å². The Morgan fingerprint density at radius 2 is 2.46 bits per heavy atom. The summed E-state index contributed by atoms with van der Waals surface area (Å²) in [5.41, 5.74) is 10.7. The SMILES string of the molecule is CCc1cnc([C@@H](N)CC(N)=O)s1. The van der Waals surface area contributed by atoms with Crippen molar-refractivity contribution in [2.24, 2.45) is 11.5 Å². The summed E-state index contributed by atoms with van der Waals surface area (Å²) in [6.07, 6.45) is 2.90. The molecule has 13 heavy (non-hydrogen) atoms. The summed E-state index contributed by atoms with van der Waals surface area (Å²) in [7, 11) is 0. The molecule has 0 unspecified atom stereocenters. The second-order valence-electron chi connectivity index (χ2n) is 2.80. The van der Waals surface area contributed by atoms with E-state index >= 15 is 0 Å². The molecule has 0 spiro atoms. The van der Waals surface area contributed by atoms with Crippen LogP contribution in [-0.4, -0.2) is 10.9 Å². The predicted octanol–water partition coefficient (Wildman–Crippen LogP) is 0.581. The van der Waals surface area contributed by atoms with Crippen molar-refractivity contribution in [3.63, 3.8) is 0 Å². The van der Waals surface area contributed by atoms with Crippen LogP contribution in [0, 0.1) is 0 Å². The lowest BCUT2D eigenvalue weighted by Gasteiger charge is -2.03. The van der Waals surface area contributed by atoms with E-state index in [2.05, 4.69) is 11.9 Å². The van der Waals surface area contributed by atoms with Gasteiger partial charge in [0.2, 0.25) is 5.91 Å². The summed E-state index contributed by atoms with van der Waals surface area (Å²) < 4.78 is 0. The van der Waals surface area contributed by atoms with Crippen LogP contribution in [0.25, 0.3) is 0 Å². The van der Waals surface area contributed by atoms with Crippen LogP contribution in [0.15, 0.2) is 6.20 Å². The molecule has 4 nitrogen and oxygen atoms in total. The molecule has 1 aromatic rings. The van der Waals surface area contributed by atoms with Crippen molar-refractivity contribution in [3.8, 4) is 0 Å². The normalized spacial score (nSPS) is 12.8. The summed E-state index contributed by atoms with van der Waals surface area (Å²) in [4.78, 5) is 15.9. The molecule has 0 radical (unpaired) electrons. The molecule has 1 rings (SSSR count). The predicted molar refractivity (Wildman–Crippen MR) is 52.2 cm³/mol. The van der Waals surface area contributed by atoms with Crippen molar-refractivity contribution < 1.29 is 4.79 Å². The molecule has 0 saturated heterocycles. The Balaban J connectivity index is 2.65. The van der Waals surface area contributed by atoms with Crippen LogP contribution in [0.5, 0.6) is 0 Å². The van der Waals surface area contributed by atoms with Gasteiger partial charge in [0.1, 0.15) is 5.01 Å². The van der Waals surface area contributed by atoms with Crippen molar-refractivity contribution in [3.05, 3.63) is 16.1 Å². The smallest absolute Gasteiger partial charge is 0.219 e. The Labute approximate surface area is 81.0 Å². The highest BCUT2D eigenvalue weighted by atomic mass is 32.1. The number of hydrogen-bond donors (Lipinski definition) is 2. The lowest BCUT2D eigenvalue weighted by Crippen LogP contribution is -2.20. The van der Waals surface area contributed by atoms with Crippen LogP contribution in [0.3, 0.4) is 0 Å². The topological polar surface area (TPSA) is 82.0 Å². The Kier molecular flexibility index (Phi) is 3.39. The third kappa shape index (κ3) is 2.78. The molecule has 0 aliphatic carbocycles. The van der Waals surface area contributed by atoms with Crippen molar-refractivity contribution in [1.29, 1.82) is 0 Å². The van der Waals surface area contributed by atoms with Crippen LogP contribution in [0.4, 0.5) is 0 Å². The molecular formula is C8H13N3OS. The summed E-state index contributed by atoms with van der Waals surface area (Å²) in [5.74, 6) is -0.388. The fourth-order valence-corrected chi connectivity index (χ4v) is 1.82. The number of nitrogens with zero attached hydrogens (tertiary/aromatic N) is 1. The number of carbonyl (C=O) groups excluding carboxylic acids is 1. The van der Waals surface area contributed by atoms with E-state index in [-0.39, 0.29) is 18.4 Å². The number of primary amides is 1. The molecule has 0 aliphatic rings. The van der Waals surface area contributed by atoms with Gasteiger partial charge in [0.15, 0.2) is 0 Å². The minimum atomic E-state index is -0.388. The second kappa shape index (κ2) is 4.34. The van der Waals surface area contributed by atoms with E-state index in [1.165, 1.54) is 16.2 Å². The number of aryl methyl sites for hydroxylation is 1. The Bertz CT molecular complexity index is 297. The van der Waals surface area contributed by atoms with Crippen molar-refractivity contribution >= 4 is 17.2 Å². The Morgan fingerprint density at radius 1 is 1.77 bits per heavy atom. The second-order valence-corrected chi connectivity index (χ2v) is 3.94. The number of hydrogen-bond acceptors (Lipinski definition) is 4. The van der Waals surface area contributed by atoms with Gasteiger partial charge in [-0.2, -0.15) is 0 Å². The van der Waals surface area contributed by atoms with Gasteiger partial charge in [-0.15, -0.1) is 11.3 Å². The zero-order valence-corrected chi connectivity index (χ0v) is 8.30. The number of nitrogens with two attached hydrogens (primary N) is 2. The molecule has 0 aliphatic heterocycles. The molecule has 1 amide bonds. The first-order valence-electron chi connectivity index (χ1n) is 4.12. The third-order valence-corrected chi connectivity index (χ3v) is 2.93. The van der Waals surface area contributed by atoms with Crippen molar-refractivity contribution in [2.45, 2.75) is 25.8 Å². The van der Waals surface area contributed by atoms with Crippen LogP contribution < -0.4 is 11.5 Å². The highest BCUT2D eigenvalue weighted by Crippen LogP contribution is 2.20. The molecular weight excluding hydrogens is 186 g/mol. The van der Waals surface area contributed by atoms with E-state index in [1.807, 2.05) is 0 Å². The van der Waals surface area contributed by atoms with Crippen LogP contribution in [0.2, 0.25) is 0 Å². The summed E-state index contributed by atoms with van der Waals surface area (Å²) >= 11 is 1.54. The Morgan fingerprint density at radius 3 is 2.92 bits per heavy atom. The molecule has 0 aromatic carbocycles. The van der Waals surface area contributed by atoms with Gasteiger partial charge in [-0.3, -0.25) is 4.79 Å². The molecule has 0 saturated carbocycles. The van der Waals surface area contributed by atoms with Crippen LogP contribution in [0.1, 0.15) is 29.3 Å². The lowest BCUT2D eigenvalue weighted by molar-refractivity contribution is -0.118.